The fraction of sp³-hybridized carbons (Fsp3) is 0.565. The number of fused-ring (bicyclic) bond motifs is 1. The van der Waals surface area contributed by atoms with Gasteiger partial charge in [-0.25, -0.2) is 14.6 Å². The van der Waals surface area contributed by atoms with Gasteiger partial charge in [-0.3, -0.25) is 4.98 Å². The van der Waals surface area contributed by atoms with Crippen LogP contribution in [0.3, 0.4) is 0 Å². The molecule has 0 bridgehead atoms. The fourth-order valence-electron chi connectivity index (χ4n) is 4.80. The standard InChI is InChI=1S/C23H30N6O/c1-15-12-28(13-16(2)23(15,4)30)20-9-21(26-14-25-20)29-18-8-19(22(3)6-5-7-22)24-10-17(18)11-27-29/h8-11,14-16,30H,5-7,12-13H2,1-4H3/t15-,16+,23-. The van der Waals surface area contributed by atoms with Gasteiger partial charge in [0, 0.05) is 53.7 Å². The molecule has 0 amide bonds. The molecule has 3 atom stereocenters. The molecule has 158 valence electrons. The molecule has 2 fully saturated rings. The molecule has 4 heterocycles. The van der Waals surface area contributed by atoms with Crippen LogP contribution >= 0.6 is 0 Å². The van der Waals surface area contributed by atoms with E-state index in [2.05, 4.69) is 46.8 Å². The van der Waals surface area contributed by atoms with E-state index in [0.29, 0.717) is 0 Å². The van der Waals surface area contributed by atoms with E-state index in [0.717, 1.165) is 41.3 Å². The van der Waals surface area contributed by atoms with Gasteiger partial charge in [0.05, 0.1) is 17.3 Å². The van der Waals surface area contributed by atoms with Crippen molar-refractivity contribution in [2.75, 3.05) is 18.0 Å². The zero-order valence-electron chi connectivity index (χ0n) is 18.2. The summed E-state index contributed by atoms with van der Waals surface area (Å²) >= 11 is 0. The Hall–Kier alpha value is -2.54. The average Bonchev–Trinajstić information content (AvgIpc) is 3.13. The first-order valence-corrected chi connectivity index (χ1v) is 10.9. The summed E-state index contributed by atoms with van der Waals surface area (Å²) in [6.07, 6.45) is 9.02. The molecule has 3 aromatic heterocycles. The normalized spacial score (nSPS) is 28.5. The highest BCUT2D eigenvalue weighted by atomic mass is 16.3. The van der Waals surface area contributed by atoms with Crippen molar-refractivity contribution in [2.45, 2.75) is 58.0 Å². The van der Waals surface area contributed by atoms with Crippen LogP contribution < -0.4 is 4.90 Å². The first-order valence-electron chi connectivity index (χ1n) is 10.9. The molecule has 7 nitrogen and oxygen atoms in total. The third kappa shape index (κ3) is 2.98. The second-order valence-electron chi connectivity index (χ2n) is 9.77. The maximum Gasteiger partial charge on any atom is 0.159 e. The van der Waals surface area contributed by atoms with Gasteiger partial charge in [0.1, 0.15) is 12.1 Å². The largest absolute Gasteiger partial charge is 0.389 e. The predicted molar refractivity (Wildman–Crippen MR) is 117 cm³/mol. The van der Waals surface area contributed by atoms with Crippen LogP contribution in [0.2, 0.25) is 0 Å². The smallest absolute Gasteiger partial charge is 0.159 e. The van der Waals surface area contributed by atoms with Gasteiger partial charge in [-0.2, -0.15) is 5.10 Å². The van der Waals surface area contributed by atoms with E-state index < -0.39 is 5.60 Å². The molecule has 1 aliphatic carbocycles. The van der Waals surface area contributed by atoms with Gasteiger partial charge in [-0.15, -0.1) is 0 Å². The van der Waals surface area contributed by atoms with Crippen LogP contribution in [-0.4, -0.2) is 48.5 Å². The zero-order valence-corrected chi connectivity index (χ0v) is 18.2. The molecule has 0 spiro atoms. The summed E-state index contributed by atoms with van der Waals surface area (Å²) in [5.74, 6) is 1.94. The van der Waals surface area contributed by atoms with Gasteiger partial charge in [0.25, 0.3) is 0 Å². The third-order valence-corrected chi connectivity index (χ3v) is 7.69. The van der Waals surface area contributed by atoms with Crippen molar-refractivity contribution in [2.24, 2.45) is 11.8 Å². The summed E-state index contributed by atoms with van der Waals surface area (Å²) in [7, 11) is 0. The van der Waals surface area contributed by atoms with Gasteiger partial charge in [0.2, 0.25) is 0 Å². The van der Waals surface area contributed by atoms with Crippen LogP contribution in [0.25, 0.3) is 16.7 Å². The topological polar surface area (TPSA) is 80.0 Å². The van der Waals surface area contributed by atoms with Gasteiger partial charge in [0.15, 0.2) is 5.82 Å². The van der Waals surface area contributed by atoms with Crippen LogP contribution in [0.15, 0.2) is 30.9 Å². The van der Waals surface area contributed by atoms with Crippen molar-refractivity contribution in [1.29, 1.82) is 0 Å². The number of rotatable bonds is 3. The minimum absolute atomic E-state index is 0.155. The number of hydrogen-bond donors (Lipinski definition) is 1. The van der Waals surface area contributed by atoms with E-state index in [9.17, 15) is 5.11 Å². The molecule has 0 radical (unpaired) electrons. The van der Waals surface area contributed by atoms with E-state index in [4.69, 9.17) is 4.98 Å². The number of hydrogen-bond acceptors (Lipinski definition) is 6. The lowest BCUT2D eigenvalue weighted by atomic mass is 9.68. The molecule has 0 unspecified atom stereocenters. The van der Waals surface area contributed by atoms with E-state index in [-0.39, 0.29) is 17.3 Å². The number of anilines is 1. The Morgan fingerprint density at radius 3 is 2.33 bits per heavy atom. The lowest BCUT2D eigenvalue weighted by Gasteiger charge is -2.46. The highest BCUT2D eigenvalue weighted by molar-refractivity contribution is 5.79. The number of aromatic nitrogens is 5. The summed E-state index contributed by atoms with van der Waals surface area (Å²) in [4.78, 5) is 16.0. The summed E-state index contributed by atoms with van der Waals surface area (Å²) in [6.45, 7) is 9.96. The summed E-state index contributed by atoms with van der Waals surface area (Å²) in [6, 6.07) is 4.17. The molecule has 0 aromatic carbocycles. The molecule has 1 N–H and O–H groups in total. The lowest BCUT2D eigenvalue weighted by Crippen LogP contribution is -2.55. The highest BCUT2D eigenvalue weighted by Gasteiger charge is 2.41. The Morgan fingerprint density at radius 1 is 0.967 bits per heavy atom. The monoisotopic (exact) mass is 406 g/mol. The number of pyridine rings is 1. The van der Waals surface area contributed by atoms with Gasteiger partial charge in [-0.1, -0.05) is 27.2 Å². The molecule has 1 aliphatic heterocycles. The van der Waals surface area contributed by atoms with E-state index >= 15 is 0 Å². The van der Waals surface area contributed by atoms with Crippen molar-refractivity contribution in [1.82, 2.24) is 24.7 Å². The number of nitrogens with zero attached hydrogens (tertiary/aromatic N) is 6. The van der Waals surface area contributed by atoms with Crippen LogP contribution in [0, 0.1) is 11.8 Å². The molecule has 1 saturated carbocycles. The predicted octanol–water partition coefficient (Wildman–Crippen LogP) is 3.50. The van der Waals surface area contributed by atoms with Crippen molar-refractivity contribution >= 4 is 16.7 Å². The fourth-order valence-corrected chi connectivity index (χ4v) is 4.80. The minimum atomic E-state index is -0.661. The number of piperidine rings is 1. The second-order valence-corrected chi connectivity index (χ2v) is 9.77. The first-order chi connectivity index (χ1) is 14.3. The van der Waals surface area contributed by atoms with Crippen molar-refractivity contribution in [3.8, 4) is 5.82 Å². The summed E-state index contributed by atoms with van der Waals surface area (Å²) in [5.41, 5.74) is 1.68. The van der Waals surface area contributed by atoms with Crippen LogP contribution in [0.5, 0.6) is 0 Å². The SMILES string of the molecule is C[C@@H]1CN(c2cc(-n3ncc4cnc(C5(C)CCC5)cc43)ncn2)C[C@H](C)[C@]1(C)O. The van der Waals surface area contributed by atoms with E-state index in [1.807, 2.05) is 30.1 Å². The maximum absolute atomic E-state index is 10.7. The van der Waals surface area contributed by atoms with E-state index in [1.165, 1.54) is 19.3 Å². The van der Waals surface area contributed by atoms with Gasteiger partial charge in [-0.05, 0) is 25.8 Å². The summed E-state index contributed by atoms with van der Waals surface area (Å²) in [5, 5.41) is 16.3. The minimum Gasteiger partial charge on any atom is -0.389 e. The molecular formula is C23H30N6O. The Labute approximate surface area is 177 Å². The van der Waals surface area contributed by atoms with Crippen molar-refractivity contribution in [3.05, 3.63) is 36.5 Å². The van der Waals surface area contributed by atoms with Crippen LogP contribution in [-0.2, 0) is 5.41 Å². The second kappa shape index (κ2) is 6.74. The maximum atomic E-state index is 10.7. The molecule has 30 heavy (non-hydrogen) atoms. The van der Waals surface area contributed by atoms with Gasteiger partial charge < -0.3 is 10.0 Å². The molecule has 5 rings (SSSR count). The zero-order chi connectivity index (χ0) is 21.1. The van der Waals surface area contributed by atoms with Crippen molar-refractivity contribution < 1.29 is 5.11 Å². The van der Waals surface area contributed by atoms with Crippen LogP contribution in [0.4, 0.5) is 5.82 Å². The van der Waals surface area contributed by atoms with Gasteiger partial charge >= 0.3 is 0 Å². The highest BCUT2D eigenvalue weighted by Crippen LogP contribution is 2.43. The number of aliphatic hydroxyl groups is 1. The molecule has 2 aliphatic rings. The van der Waals surface area contributed by atoms with Crippen LogP contribution in [0.1, 0.15) is 52.7 Å². The quantitative estimate of drug-likeness (QED) is 0.717. The Kier molecular flexibility index (Phi) is 4.36. The average molecular weight is 407 g/mol. The van der Waals surface area contributed by atoms with Crippen molar-refractivity contribution in [3.63, 3.8) is 0 Å². The Bertz CT molecular complexity index is 1070. The lowest BCUT2D eigenvalue weighted by molar-refractivity contribution is -0.0504. The third-order valence-electron chi connectivity index (χ3n) is 7.69. The van der Waals surface area contributed by atoms with E-state index in [1.54, 1.807) is 6.33 Å². The Balaban J connectivity index is 1.50. The summed E-state index contributed by atoms with van der Waals surface area (Å²) < 4.78 is 1.89. The molecule has 1 saturated heterocycles. The molecule has 3 aromatic rings. The Morgan fingerprint density at radius 2 is 1.67 bits per heavy atom. The molecule has 7 heteroatoms. The first kappa shape index (κ1) is 19.4. The molecular weight excluding hydrogens is 376 g/mol.